The summed E-state index contributed by atoms with van der Waals surface area (Å²) in [4.78, 5) is 54.3. The number of hydrogen-bond acceptors (Lipinski definition) is 5. The molecule has 2 aromatic heterocycles. The van der Waals surface area contributed by atoms with Gasteiger partial charge in [-0.1, -0.05) is 37.1 Å². The second-order valence-corrected chi connectivity index (χ2v) is 9.52. The lowest BCUT2D eigenvalue weighted by atomic mass is 10.1. The van der Waals surface area contributed by atoms with Gasteiger partial charge in [0.15, 0.2) is 0 Å². The van der Waals surface area contributed by atoms with Gasteiger partial charge in [0, 0.05) is 13.1 Å². The fourth-order valence-corrected chi connectivity index (χ4v) is 4.87. The zero-order valence-corrected chi connectivity index (χ0v) is 21.1. The third-order valence-electron chi connectivity index (χ3n) is 6.90. The monoisotopic (exact) mass is 514 g/mol. The van der Waals surface area contributed by atoms with E-state index in [1.165, 1.54) is 10.8 Å². The molecule has 2 amide bonds. The summed E-state index contributed by atoms with van der Waals surface area (Å²) in [6, 6.07) is 17.1. The summed E-state index contributed by atoms with van der Waals surface area (Å²) < 4.78 is 7.61. The third kappa shape index (κ3) is 5.46. The lowest BCUT2D eigenvalue weighted by Gasteiger charge is -2.20. The van der Waals surface area contributed by atoms with Crippen molar-refractivity contribution >= 4 is 22.7 Å². The van der Waals surface area contributed by atoms with Gasteiger partial charge in [-0.25, -0.2) is 9.36 Å². The van der Waals surface area contributed by atoms with Crippen molar-refractivity contribution in [3.63, 3.8) is 0 Å². The van der Waals surface area contributed by atoms with E-state index in [1.54, 1.807) is 60.7 Å². The number of nitrogens with one attached hydrogen (secondary N) is 1. The summed E-state index contributed by atoms with van der Waals surface area (Å²) in [5, 5.41) is 3.07. The number of carbonyl (C=O) groups excluding carboxylic acids is 2. The Morgan fingerprint density at radius 1 is 0.868 bits per heavy atom. The Hall–Kier alpha value is -4.40. The van der Waals surface area contributed by atoms with Crippen LogP contribution in [-0.4, -0.2) is 38.9 Å². The highest BCUT2D eigenvalue weighted by Gasteiger charge is 2.18. The number of hydrogen-bond donors (Lipinski definition) is 1. The maximum atomic E-state index is 13.5. The first-order valence-electron chi connectivity index (χ1n) is 12.9. The first-order valence-corrected chi connectivity index (χ1v) is 12.9. The molecular weight excluding hydrogens is 484 g/mol. The Bertz CT molecular complexity index is 1540. The molecule has 5 rings (SSSR count). The van der Waals surface area contributed by atoms with E-state index in [4.69, 9.17) is 4.42 Å². The molecule has 9 nitrogen and oxygen atoms in total. The van der Waals surface area contributed by atoms with Gasteiger partial charge in [0.1, 0.15) is 12.3 Å². The predicted molar refractivity (Wildman–Crippen MR) is 143 cm³/mol. The van der Waals surface area contributed by atoms with Crippen LogP contribution in [0.15, 0.2) is 80.9 Å². The fourth-order valence-electron chi connectivity index (χ4n) is 4.87. The van der Waals surface area contributed by atoms with Crippen LogP contribution in [0.3, 0.4) is 0 Å². The van der Waals surface area contributed by atoms with E-state index in [9.17, 15) is 19.2 Å². The van der Waals surface area contributed by atoms with Crippen LogP contribution in [0.5, 0.6) is 0 Å². The number of furan rings is 1. The van der Waals surface area contributed by atoms with Crippen LogP contribution in [0.4, 0.5) is 0 Å². The third-order valence-corrected chi connectivity index (χ3v) is 6.90. The number of rotatable bonds is 7. The largest absolute Gasteiger partial charge is 0.467 e. The Labute approximate surface area is 219 Å². The Kier molecular flexibility index (Phi) is 7.53. The highest BCUT2D eigenvalue weighted by molar-refractivity contribution is 5.82. The van der Waals surface area contributed by atoms with Crippen molar-refractivity contribution in [2.45, 2.75) is 45.2 Å². The maximum Gasteiger partial charge on any atom is 0.336 e. The van der Waals surface area contributed by atoms with Crippen LogP contribution in [0, 0.1) is 0 Å². The van der Waals surface area contributed by atoms with Crippen LogP contribution in [-0.2, 0) is 29.1 Å². The van der Waals surface area contributed by atoms with E-state index in [2.05, 4.69) is 5.32 Å². The fraction of sp³-hybridized carbons (Fsp3) is 0.310. The average molecular weight is 515 g/mol. The van der Waals surface area contributed by atoms with E-state index >= 15 is 0 Å². The molecule has 0 atom stereocenters. The molecule has 0 aliphatic carbocycles. The molecule has 3 heterocycles. The van der Waals surface area contributed by atoms with Gasteiger partial charge in [-0.3, -0.25) is 19.0 Å². The number of aromatic nitrogens is 2. The number of benzene rings is 2. The Morgan fingerprint density at radius 2 is 1.61 bits per heavy atom. The van der Waals surface area contributed by atoms with Gasteiger partial charge < -0.3 is 14.6 Å². The van der Waals surface area contributed by atoms with Crippen LogP contribution >= 0.6 is 0 Å². The average Bonchev–Trinajstić information content (AvgIpc) is 3.30. The normalized spacial score (nSPS) is 13.8. The van der Waals surface area contributed by atoms with Crippen molar-refractivity contribution in [2.75, 3.05) is 13.1 Å². The van der Waals surface area contributed by atoms with Crippen LogP contribution in [0.1, 0.15) is 37.0 Å². The summed E-state index contributed by atoms with van der Waals surface area (Å²) >= 11 is 0. The molecule has 1 aliphatic rings. The van der Waals surface area contributed by atoms with Crippen LogP contribution < -0.4 is 16.6 Å². The Morgan fingerprint density at radius 3 is 2.32 bits per heavy atom. The number of fused-ring (bicyclic) bond motifs is 1. The molecule has 0 radical (unpaired) electrons. The topological polar surface area (TPSA) is 107 Å². The summed E-state index contributed by atoms with van der Waals surface area (Å²) in [6.07, 6.45) is 6.16. The number of para-hydroxylation sites is 1. The van der Waals surface area contributed by atoms with Gasteiger partial charge in [0.2, 0.25) is 11.8 Å². The first kappa shape index (κ1) is 25.3. The minimum Gasteiger partial charge on any atom is -0.467 e. The number of amides is 2. The van der Waals surface area contributed by atoms with E-state index in [-0.39, 0.29) is 31.3 Å². The summed E-state index contributed by atoms with van der Waals surface area (Å²) in [5.74, 6) is 0.293. The summed E-state index contributed by atoms with van der Waals surface area (Å²) in [6.45, 7) is 1.51. The highest BCUT2D eigenvalue weighted by atomic mass is 16.3. The molecule has 9 heteroatoms. The van der Waals surface area contributed by atoms with Crippen molar-refractivity contribution in [2.24, 2.45) is 0 Å². The van der Waals surface area contributed by atoms with Gasteiger partial charge in [-0.05, 0) is 54.8 Å². The van der Waals surface area contributed by atoms with E-state index < -0.39 is 11.2 Å². The van der Waals surface area contributed by atoms with Crippen molar-refractivity contribution in [3.05, 3.63) is 99.1 Å². The lowest BCUT2D eigenvalue weighted by Crippen LogP contribution is -2.41. The SMILES string of the molecule is O=C(Cn1c(=O)n(-c2ccc(CC(=O)N3CCCCCC3)cc2)c(=O)c2ccccc21)NCc1ccco1. The second-order valence-electron chi connectivity index (χ2n) is 9.52. The van der Waals surface area contributed by atoms with Crippen LogP contribution in [0.25, 0.3) is 16.6 Å². The van der Waals surface area contributed by atoms with Gasteiger partial charge in [0.25, 0.3) is 5.56 Å². The zero-order chi connectivity index (χ0) is 26.5. The summed E-state index contributed by atoms with van der Waals surface area (Å²) in [5.41, 5.74) is 0.490. The molecule has 0 saturated carbocycles. The van der Waals surface area contributed by atoms with E-state index in [1.807, 2.05) is 4.90 Å². The minimum absolute atomic E-state index is 0.0884. The molecule has 196 valence electrons. The van der Waals surface area contributed by atoms with Crippen molar-refractivity contribution in [1.29, 1.82) is 0 Å². The van der Waals surface area contributed by atoms with E-state index in [0.717, 1.165) is 48.9 Å². The molecule has 4 aromatic rings. The zero-order valence-electron chi connectivity index (χ0n) is 21.1. The first-order chi connectivity index (χ1) is 18.5. The smallest absolute Gasteiger partial charge is 0.336 e. The van der Waals surface area contributed by atoms with Crippen LogP contribution in [0.2, 0.25) is 0 Å². The molecule has 0 spiro atoms. The van der Waals surface area contributed by atoms with Crippen molar-refractivity contribution < 1.29 is 14.0 Å². The number of likely N-dealkylation sites (tertiary alicyclic amines) is 1. The maximum absolute atomic E-state index is 13.5. The highest BCUT2D eigenvalue weighted by Crippen LogP contribution is 2.14. The minimum atomic E-state index is -0.616. The quantitative estimate of drug-likeness (QED) is 0.408. The van der Waals surface area contributed by atoms with Gasteiger partial charge in [-0.2, -0.15) is 0 Å². The molecule has 0 bridgehead atoms. The molecular formula is C29H30N4O5. The molecule has 1 saturated heterocycles. The molecule has 2 aromatic carbocycles. The predicted octanol–water partition coefficient (Wildman–Crippen LogP) is 3.01. The molecule has 1 fully saturated rings. The van der Waals surface area contributed by atoms with Gasteiger partial charge >= 0.3 is 5.69 Å². The van der Waals surface area contributed by atoms with Gasteiger partial charge in [-0.15, -0.1) is 0 Å². The number of nitrogens with zero attached hydrogens (tertiary/aromatic N) is 3. The molecule has 1 N–H and O–H groups in total. The molecule has 38 heavy (non-hydrogen) atoms. The second kappa shape index (κ2) is 11.3. The van der Waals surface area contributed by atoms with Crippen molar-refractivity contribution in [1.82, 2.24) is 19.4 Å². The van der Waals surface area contributed by atoms with Crippen molar-refractivity contribution in [3.8, 4) is 5.69 Å². The lowest BCUT2D eigenvalue weighted by molar-refractivity contribution is -0.130. The molecule has 1 aliphatic heterocycles. The van der Waals surface area contributed by atoms with Gasteiger partial charge in [0.05, 0.1) is 35.8 Å². The Balaban J connectivity index is 1.41. The van der Waals surface area contributed by atoms with E-state index in [0.29, 0.717) is 22.4 Å². The standard InChI is InChI=1S/C29H30N4O5/c34-26(30-19-23-8-7-17-38-23)20-32-25-10-4-3-9-24(25)28(36)33(29(32)37)22-13-11-21(12-14-22)18-27(35)31-15-5-1-2-6-16-31/h3-4,7-14,17H,1-2,5-6,15-16,18-20H2,(H,30,34). The summed E-state index contributed by atoms with van der Waals surface area (Å²) in [7, 11) is 0. The number of carbonyl (C=O) groups is 2. The molecule has 0 unspecified atom stereocenters.